The summed E-state index contributed by atoms with van der Waals surface area (Å²) in [4.78, 5) is 27.5. The second kappa shape index (κ2) is 8.83. The molecule has 0 spiro atoms. The summed E-state index contributed by atoms with van der Waals surface area (Å²) in [5, 5.41) is 9.70. The van der Waals surface area contributed by atoms with Crippen LogP contribution in [0.15, 0.2) is 48.5 Å². The average molecular weight is 399 g/mol. The zero-order chi connectivity index (χ0) is 21.0. The van der Waals surface area contributed by atoms with Crippen molar-refractivity contribution in [2.24, 2.45) is 5.73 Å². The molecule has 1 aliphatic heterocycles. The summed E-state index contributed by atoms with van der Waals surface area (Å²) in [6.45, 7) is 0.569. The minimum Gasteiger partial charge on any atom is -0.497 e. The molecule has 1 saturated heterocycles. The van der Waals surface area contributed by atoms with Gasteiger partial charge in [-0.3, -0.25) is 9.69 Å². The standard InChI is InChI=1S/C21H25N3O5/c1-28-16-9-8-15(18(10-16)29-2)13-23-17(11-22)19(20(23)25)24(21(26)27)12-14-6-4-3-5-7-14/h3-10,17,19H,11-13,22H2,1-2H3,(H,26,27)/t17-,19-/m0/s1. The molecule has 154 valence electrons. The summed E-state index contributed by atoms with van der Waals surface area (Å²) in [5.41, 5.74) is 7.52. The Morgan fingerprint density at radius 3 is 2.48 bits per heavy atom. The summed E-state index contributed by atoms with van der Waals surface area (Å²) in [6.07, 6.45) is -1.15. The lowest BCUT2D eigenvalue weighted by atomic mass is 9.92. The number of carbonyl (C=O) groups is 2. The molecule has 8 nitrogen and oxygen atoms in total. The van der Waals surface area contributed by atoms with Crippen molar-refractivity contribution < 1.29 is 24.2 Å². The van der Waals surface area contributed by atoms with Gasteiger partial charge in [-0.15, -0.1) is 0 Å². The summed E-state index contributed by atoms with van der Waals surface area (Å²) < 4.78 is 10.6. The Bertz CT molecular complexity index is 874. The summed E-state index contributed by atoms with van der Waals surface area (Å²) in [5.74, 6) is 0.973. The number of β-lactam (4-membered cyclic amide) rings is 1. The molecular weight excluding hydrogens is 374 g/mol. The number of likely N-dealkylation sites (tertiary alicyclic amines) is 1. The number of methoxy groups -OCH3 is 2. The Kier molecular flexibility index (Phi) is 6.23. The van der Waals surface area contributed by atoms with Crippen molar-refractivity contribution in [3.05, 3.63) is 59.7 Å². The first-order valence-electron chi connectivity index (χ1n) is 9.25. The van der Waals surface area contributed by atoms with Gasteiger partial charge >= 0.3 is 6.09 Å². The fourth-order valence-electron chi connectivity index (χ4n) is 3.61. The van der Waals surface area contributed by atoms with Gasteiger partial charge in [-0.1, -0.05) is 30.3 Å². The van der Waals surface area contributed by atoms with Gasteiger partial charge < -0.3 is 25.2 Å². The van der Waals surface area contributed by atoms with Crippen molar-refractivity contribution in [3.63, 3.8) is 0 Å². The lowest BCUT2D eigenvalue weighted by Crippen LogP contribution is -2.72. The van der Waals surface area contributed by atoms with Crippen LogP contribution in [0.3, 0.4) is 0 Å². The van der Waals surface area contributed by atoms with Crippen LogP contribution in [0.4, 0.5) is 4.79 Å². The van der Waals surface area contributed by atoms with Crippen molar-refractivity contribution in [1.29, 1.82) is 0 Å². The number of nitrogens with zero attached hydrogens (tertiary/aromatic N) is 2. The van der Waals surface area contributed by atoms with Crippen LogP contribution < -0.4 is 15.2 Å². The SMILES string of the molecule is COc1ccc(CN2C(=O)[C@@H](N(Cc3ccccc3)C(=O)O)[C@@H]2CN)c(OC)c1. The highest BCUT2D eigenvalue weighted by Crippen LogP contribution is 2.32. The van der Waals surface area contributed by atoms with Gasteiger partial charge in [0.1, 0.15) is 17.5 Å². The molecule has 0 saturated carbocycles. The smallest absolute Gasteiger partial charge is 0.408 e. The van der Waals surface area contributed by atoms with E-state index in [1.807, 2.05) is 36.4 Å². The fourth-order valence-corrected chi connectivity index (χ4v) is 3.61. The molecule has 29 heavy (non-hydrogen) atoms. The van der Waals surface area contributed by atoms with Gasteiger partial charge in [0.2, 0.25) is 5.91 Å². The van der Waals surface area contributed by atoms with Gasteiger partial charge in [0.05, 0.1) is 20.3 Å². The number of carboxylic acid groups (broad SMARTS) is 1. The van der Waals surface area contributed by atoms with Crippen molar-refractivity contribution in [1.82, 2.24) is 9.80 Å². The summed E-state index contributed by atoms with van der Waals surface area (Å²) in [7, 11) is 3.11. The highest BCUT2D eigenvalue weighted by atomic mass is 16.5. The van der Waals surface area contributed by atoms with E-state index < -0.39 is 18.2 Å². The van der Waals surface area contributed by atoms with E-state index in [9.17, 15) is 14.7 Å². The molecule has 8 heteroatoms. The zero-order valence-corrected chi connectivity index (χ0v) is 16.4. The van der Waals surface area contributed by atoms with E-state index in [4.69, 9.17) is 15.2 Å². The predicted molar refractivity (Wildman–Crippen MR) is 107 cm³/mol. The first-order chi connectivity index (χ1) is 14.0. The average Bonchev–Trinajstić information content (AvgIpc) is 2.74. The van der Waals surface area contributed by atoms with Crippen LogP contribution in [0.1, 0.15) is 11.1 Å². The van der Waals surface area contributed by atoms with E-state index in [2.05, 4.69) is 0 Å². The molecule has 0 aliphatic carbocycles. The Morgan fingerprint density at radius 1 is 1.17 bits per heavy atom. The minimum atomic E-state index is -1.15. The molecule has 3 N–H and O–H groups in total. The molecule has 3 rings (SSSR count). The maximum absolute atomic E-state index is 12.9. The predicted octanol–water partition coefficient (Wildman–Crippen LogP) is 1.92. The monoisotopic (exact) mass is 399 g/mol. The van der Waals surface area contributed by atoms with Crippen molar-refractivity contribution in [2.45, 2.75) is 25.2 Å². The maximum Gasteiger partial charge on any atom is 0.408 e. The number of hydrogen-bond donors (Lipinski definition) is 2. The number of carbonyl (C=O) groups excluding carboxylic acids is 1. The normalized spacial score (nSPS) is 18.2. The van der Waals surface area contributed by atoms with Crippen molar-refractivity contribution in [2.75, 3.05) is 20.8 Å². The van der Waals surface area contributed by atoms with Gasteiger partial charge in [-0.2, -0.15) is 0 Å². The molecule has 2 amide bonds. The van der Waals surface area contributed by atoms with E-state index in [-0.39, 0.29) is 25.5 Å². The number of rotatable bonds is 8. The molecule has 0 unspecified atom stereocenters. The van der Waals surface area contributed by atoms with Crippen LogP contribution in [-0.4, -0.2) is 59.8 Å². The van der Waals surface area contributed by atoms with E-state index in [0.717, 1.165) is 16.0 Å². The van der Waals surface area contributed by atoms with Crippen LogP contribution in [0.5, 0.6) is 11.5 Å². The third-order valence-electron chi connectivity index (χ3n) is 5.15. The molecule has 1 fully saturated rings. The molecule has 1 heterocycles. The minimum absolute atomic E-state index is 0.128. The quantitative estimate of drug-likeness (QED) is 0.657. The number of hydrogen-bond acceptors (Lipinski definition) is 5. The zero-order valence-electron chi connectivity index (χ0n) is 16.4. The van der Waals surface area contributed by atoms with E-state index in [0.29, 0.717) is 11.5 Å². The first kappa shape index (κ1) is 20.5. The van der Waals surface area contributed by atoms with Crippen LogP contribution in [-0.2, 0) is 17.9 Å². The van der Waals surface area contributed by atoms with Crippen LogP contribution in [0.25, 0.3) is 0 Å². The Hall–Kier alpha value is -3.26. The highest BCUT2D eigenvalue weighted by molar-refractivity contribution is 5.92. The number of amides is 2. The Labute approximate surface area is 169 Å². The van der Waals surface area contributed by atoms with Gasteiger partial charge in [0.15, 0.2) is 0 Å². The molecule has 0 aromatic heterocycles. The molecule has 2 aromatic carbocycles. The molecule has 0 bridgehead atoms. The largest absolute Gasteiger partial charge is 0.497 e. The number of nitrogens with two attached hydrogens (primary N) is 1. The Morgan fingerprint density at radius 2 is 1.90 bits per heavy atom. The van der Waals surface area contributed by atoms with E-state index >= 15 is 0 Å². The van der Waals surface area contributed by atoms with Crippen LogP contribution in [0.2, 0.25) is 0 Å². The maximum atomic E-state index is 12.9. The van der Waals surface area contributed by atoms with Crippen LogP contribution in [0, 0.1) is 0 Å². The summed E-state index contributed by atoms with van der Waals surface area (Å²) in [6, 6.07) is 13.3. The lowest BCUT2D eigenvalue weighted by Gasteiger charge is -2.50. The first-order valence-corrected chi connectivity index (χ1v) is 9.25. The lowest BCUT2D eigenvalue weighted by molar-refractivity contribution is -0.158. The molecule has 1 aliphatic rings. The topological polar surface area (TPSA) is 105 Å². The van der Waals surface area contributed by atoms with Gasteiger partial charge in [0.25, 0.3) is 0 Å². The third kappa shape index (κ3) is 4.12. The number of ether oxygens (including phenoxy) is 2. The Balaban J connectivity index is 1.79. The van der Waals surface area contributed by atoms with E-state index in [1.165, 1.54) is 0 Å². The van der Waals surface area contributed by atoms with Crippen LogP contribution >= 0.6 is 0 Å². The van der Waals surface area contributed by atoms with Gasteiger partial charge in [-0.05, 0) is 17.7 Å². The van der Waals surface area contributed by atoms with Crippen molar-refractivity contribution >= 4 is 12.0 Å². The van der Waals surface area contributed by atoms with Gasteiger partial charge in [-0.25, -0.2) is 4.79 Å². The highest BCUT2D eigenvalue weighted by Gasteiger charge is 2.51. The third-order valence-corrected chi connectivity index (χ3v) is 5.15. The molecule has 0 radical (unpaired) electrons. The number of benzene rings is 2. The fraction of sp³-hybridized carbons (Fsp3) is 0.333. The molecular formula is C21H25N3O5. The second-order valence-electron chi connectivity index (χ2n) is 6.79. The molecule has 2 atom stereocenters. The second-order valence-corrected chi connectivity index (χ2v) is 6.79. The summed E-state index contributed by atoms with van der Waals surface area (Å²) >= 11 is 0. The van der Waals surface area contributed by atoms with Gasteiger partial charge in [0, 0.05) is 31.3 Å². The van der Waals surface area contributed by atoms with E-state index in [1.54, 1.807) is 31.3 Å². The molecule has 2 aromatic rings. The van der Waals surface area contributed by atoms with Crippen molar-refractivity contribution in [3.8, 4) is 11.5 Å².